The molecule has 0 radical (unpaired) electrons. The van der Waals surface area contributed by atoms with Gasteiger partial charge in [0.05, 0.1) is 15.6 Å². The van der Waals surface area contributed by atoms with Crippen molar-refractivity contribution in [1.29, 1.82) is 0 Å². The third kappa shape index (κ3) is 9.25. The molecule has 0 aromatic heterocycles. The molecule has 0 bridgehead atoms. The number of sulfonamides is 1. The standard InChI is InChI=1S/C30H32Cl2N4O7S/c31-22-7-10-26(24(32)19-22)43-27-4-2-1-3-25(27)35-44(41,42)23-8-5-21(6-9-23)29(38)34-16-12-28(37)33-15-11-20-13-17-36(18-14-20)30(39)40/h1-10,19-20,35H,11-18H2,(H,33,37)(H,34,38)(H,39,40). The normalized spacial score (nSPS) is 13.6. The van der Waals surface area contributed by atoms with Gasteiger partial charge in [0, 0.05) is 43.2 Å². The predicted octanol–water partition coefficient (Wildman–Crippen LogP) is 5.60. The van der Waals surface area contributed by atoms with E-state index in [1.807, 2.05) is 0 Å². The molecule has 1 fully saturated rings. The number of carbonyl (C=O) groups is 3. The second-order valence-corrected chi connectivity index (χ2v) is 12.7. The molecule has 234 valence electrons. The topological polar surface area (TPSA) is 154 Å². The summed E-state index contributed by atoms with van der Waals surface area (Å²) in [6.45, 7) is 1.61. The van der Waals surface area contributed by atoms with E-state index >= 15 is 0 Å². The highest BCUT2D eigenvalue weighted by atomic mass is 35.5. The van der Waals surface area contributed by atoms with E-state index in [2.05, 4.69) is 15.4 Å². The molecular formula is C30H32Cl2N4O7S. The molecule has 14 heteroatoms. The number of hydrogen-bond donors (Lipinski definition) is 4. The van der Waals surface area contributed by atoms with Crippen LogP contribution in [0.15, 0.2) is 71.6 Å². The maximum atomic E-state index is 13.1. The summed E-state index contributed by atoms with van der Waals surface area (Å²) in [6, 6.07) is 16.5. The van der Waals surface area contributed by atoms with Crippen LogP contribution in [0.25, 0.3) is 0 Å². The minimum Gasteiger partial charge on any atom is -0.465 e. The molecule has 1 aliphatic rings. The third-order valence-corrected chi connectivity index (χ3v) is 8.98. The number of benzene rings is 3. The van der Waals surface area contributed by atoms with E-state index in [4.69, 9.17) is 33.0 Å². The molecule has 1 saturated heterocycles. The number of ether oxygens (including phenoxy) is 1. The van der Waals surface area contributed by atoms with Crippen LogP contribution in [-0.4, -0.2) is 62.5 Å². The van der Waals surface area contributed by atoms with Crippen LogP contribution in [0.2, 0.25) is 10.0 Å². The fourth-order valence-corrected chi connectivity index (χ4v) is 6.13. The van der Waals surface area contributed by atoms with E-state index in [0.717, 1.165) is 19.3 Å². The summed E-state index contributed by atoms with van der Waals surface area (Å²) in [4.78, 5) is 37.0. The molecule has 1 heterocycles. The van der Waals surface area contributed by atoms with Crippen molar-refractivity contribution in [2.45, 2.75) is 30.6 Å². The van der Waals surface area contributed by atoms with E-state index in [1.165, 1.54) is 35.2 Å². The Morgan fingerprint density at radius 1 is 0.909 bits per heavy atom. The second kappa shape index (κ2) is 15.1. The van der Waals surface area contributed by atoms with Gasteiger partial charge >= 0.3 is 6.09 Å². The van der Waals surface area contributed by atoms with Crippen molar-refractivity contribution in [3.63, 3.8) is 0 Å². The number of anilines is 1. The van der Waals surface area contributed by atoms with Gasteiger partial charge in [-0.15, -0.1) is 0 Å². The first-order valence-corrected chi connectivity index (χ1v) is 16.1. The average molecular weight is 664 g/mol. The van der Waals surface area contributed by atoms with Crippen molar-refractivity contribution in [1.82, 2.24) is 15.5 Å². The highest BCUT2D eigenvalue weighted by Crippen LogP contribution is 2.35. The molecule has 4 rings (SSSR count). The summed E-state index contributed by atoms with van der Waals surface area (Å²) >= 11 is 12.1. The van der Waals surface area contributed by atoms with E-state index in [0.29, 0.717) is 36.3 Å². The first-order chi connectivity index (χ1) is 21.0. The Balaban J connectivity index is 1.23. The van der Waals surface area contributed by atoms with E-state index in [1.54, 1.807) is 36.4 Å². The number of piperidine rings is 1. The van der Waals surface area contributed by atoms with Gasteiger partial charge in [0.2, 0.25) is 5.91 Å². The number of amides is 3. The Bertz CT molecular complexity index is 1600. The minimum absolute atomic E-state index is 0.0682. The van der Waals surface area contributed by atoms with Gasteiger partial charge in [-0.1, -0.05) is 35.3 Å². The molecule has 0 atom stereocenters. The number of nitrogens with one attached hydrogen (secondary N) is 3. The zero-order valence-corrected chi connectivity index (χ0v) is 25.9. The maximum Gasteiger partial charge on any atom is 0.407 e. The fraction of sp³-hybridized carbons (Fsp3) is 0.300. The molecule has 3 aromatic rings. The second-order valence-electron chi connectivity index (χ2n) is 10.2. The predicted molar refractivity (Wildman–Crippen MR) is 167 cm³/mol. The van der Waals surface area contributed by atoms with Crippen molar-refractivity contribution < 1.29 is 32.6 Å². The minimum atomic E-state index is -4.04. The molecule has 4 N–H and O–H groups in total. The van der Waals surface area contributed by atoms with Crippen molar-refractivity contribution in [2.75, 3.05) is 30.9 Å². The number of nitrogens with zero attached hydrogens (tertiary/aromatic N) is 1. The smallest absolute Gasteiger partial charge is 0.407 e. The van der Waals surface area contributed by atoms with Crippen LogP contribution in [0.4, 0.5) is 10.5 Å². The first kappa shape index (κ1) is 32.9. The Morgan fingerprint density at radius 2 is 1.61 bits per heavy atom. The lowest BCUT2D eigenvalue weighted by atomic mass is 9.94. The SMILES string of the molecule is O=C(CCNC(=O)c1ccc(S(=O)(=O)Nc2ccccc2Oc2ccc(Cl)cc2Cl)cc1)NCCC1CCN(C(=O)O)CC1. The van der Waals surface area contributed by atoms with Crippen LogP contribution >= 0.6 is 23.2 Å². The summed E-state index contributed by atoms with van der Waals surface area (Å²) in [7, 11) is -4.04. The molecule has 44 heavy (non-hydrogen) atoms. The molecule has 0 unspecified atom stereocenters. The molecule has 11 nitrogen and oxygen atoms in total. The van der Waals surface area contributed by atoms with Crippen molar-refractivity contribution in [3.05, 3.63) is 82.3 Å². The lowest BCUT2D eigenvalue weighted by Gasteiger charge is -2.29. The van der Waals surface area contributed by atoms with Crippen molar-refractivity contribution in [2.24, 2.45) is 5.92 Å². The van der Waals surface area contributed by atoms with Crippen molar-refractivity contribution in [3.8, 4) is 11.5 Å². The molecule has 1 aliphatic heterocycles. The summed E-state index contributed by atoms with van der Waals surface area (Å²) in [5.41, 5.74) is 0.417. The van der Waals surface area contributed by atoms with Crippen LogP contribution in [-0.2, 0) is 14.8 Å². The number of halogens is 2. The molecular weight excluding hydrogens is 631 g/mol. The summed E-state index contributed by atoms with van der Waals surface area (Å²) in [5.74, 6) is 0.234. The van der Waals surface area contributed by atoms with Gasteiger partial charge in [-0.05, 0) is 79.8 Å². The third-order valence-electron chi connectivity index (χ3n) is 7.07. The average Bonchev–Trinajstić information content (AvgIpc) is 2.99. The summed E-state index contributed by atoms with van der Waals surface area (Å²) in [5, 5.41) is 15.2. The van der Waals surface area contributed by atoms with Gasteiger partial charge in [0.25, 0.3) is 15.9 Å². The summed E-state index contributed by atoms with van der Waals surface area (Å²) < 4.78 is 34.5. The lowest BCUT2D eigenvalue weighted by Crippen LogP contribution is -2.38. The van der Waals surface area contributed by atoms with Crippen LogP contribution in [0.1, 0.15) is 36.0 Å². The molecule has 0 spiro atoms. The van der Waals surface area contributed by atoms with Gasteiger partial charge in [0.1, 0.15) is 5.75 Å². The van der Waals surface area contributed by atoms with Crippen LogP contribution in [0.3, 0.4) is 0 Å². The van der Waals surface area contributed by atoms with Gasteiger partial charge in [-0.25, -0.2) is 13.2 Å². The largest absolute Gasteiger partial charge is 0.465 e. The Labute approximate surface area is 265 Å². The van der Waals surface area contributed by atoms with Crippen molar-refractivity contribution >= 4 is 56.8 Å². The van der Waals surface area contributed by atoms with Gasteiger partial charge in [0.15, 0.2) is 5.75 Å². The first-order valence-electron chi connectivity index (χ1n) is 13.9. The quantitative estimate of drug-likeness (QED) is 0.197. The Kier molecular flexibility index (Phi) is 11.3. The number of rotatable bonds is 12. The number of carbonyl (C=O) groups excluding carboxylic acids is 2. The van der Waals surface area contributed by atoms with Crippen LogP contribution in [0, 0.1) is 5.92 Å². The monoisotopic (exact) mass is 662 g/mol. The lowest BCUT2D eigenvalue weighted by molar-refractivity contribution is -0.121. The highest BCUT2D eigenvalue weighted by molar-refractivity contribution is 7.92. The molecule has 0 saturated carbocycles. The van der Waals surface area contributed by atoms with E-state index in [9.17, 15) is 22.8 Å². The zero-order valence-electron chi connectivity index (χ0n) is 23.6. The number of likely N-dealkylation sites (tertiary alicyclic amines) is 1. The van der Waals surface area contributed by atoms with Gasteiger partial charge in [-0.3, -0.25) is 14.3 Å². The molecule has 3 aromatic carbocycles. The van der Waals surface area contributed by atoms with Gasteiger partial charge in [-0.2, -0.15) is 0 Å². The highest BCUT2D eigenvalue weighted by Gasteiger charge is 2.22. The zero-order chi connectivity index (χ0) is 31.7. The maximum absolute atomic E-state index is 13.1. The molecule has 3 amide bonds. The number of para-hydroxylation sites is 2. The summed E-state index contributed by atoms with van der Waals surface area (Å²) in [6.07, 6.45) is 1.50. The molecule has 0 aliphatic carbocycles. The van der Waals surface area contributed by atoms with Crippen LogP contribution < -0.4 is 20.1 Å². The van der Waals surface area contributed by atoms with E-state index in [-0.39, 0.29) is 45.8 Å². The number of hydrogen-bond acceptors (Lipinski definition) is 6. The van der Waals surface area contributed by atoms with Gasteiger partial charge < -0.3 is 25.4 Å². The fourth-order valence-electron chi connectivity index (χ4n) is 4.61. The van der Waals surface area contributed by atoms with E-state index < -0.39 is 22.0 Å². The van der Waals surface area contributed by atoms with Crippen LogP contribution in [0.5, 0.6) is 11.5 Å². The Hall–Kier alpha value is -4.00. The number of carboxylic acid groups (broad SMARTS) is 1. The Morgan fingerprint density at radius 3 is 2.30 bits per heavy atom.